The standard InChI is InChI=1S/C9H16N4S/c1-7-6-8(12-9(10)11-7)14-5-4-13(2)3/h6H,4-5H2,1-3H3,(H2,10,11,12). The highest BCUT2D eigenvalue weighted by Gasteiger charge is 2.00. The molecule has 0 amide bonds. The van der Waals surface area contributed by atoms with Crippen LogP contribution in [-0.2, 0) is 0 Å². The van der Waals surface area contributed by atoms with Gasteiger partial charge in [0.2, 0.25) is 5.95 Å². The average molecular weight is 212 g/mol. The Bertz CT molecular complexity index is 281. The maximum Gasteiger partial charge on any atom is 0.221 e. The Hall–Kier alpha value is -0.810. The molecular formula is C9H16N4S. The van der Waals surface area contributed by atoms with Gasteiger partial charge in [-0.05, 0) is 27.1 Å². The lowest BCUT2D eigenvalue weighted by atomic mass is 10.5. The van der Waals surface area contributed by atoms with Crippen LogP contribution in [-0.4, -0.2) is 41.3 Å². The third kappa shape index (κ3) is 3.93. The topological polar surface area (TPSA) is 55.0 Å². The summed E-state index contributed by atoms with van der Waals surface area (Å²) in [5.74, 6) is 1.38. The Balaban J connectivity index is 2.50. The average Bonchev–Trinajstić information content (AvgIpc) is 2.01. The van der Waals surface area contributed by atoms with Crippen LogP contribution in [0.15, 0.2) is 11.1 Å². The molecule has 0 saturated carbocycles. The molecule has 4 nitrogen and oxygen atoms in total. The van der Waals surface area contributed by atoms with Gasteiger partial charge in [0.05, 0.1) is 0 Å². The molecule has 0 aromatic carbocycles. The molecule has 1 heterocycles. The fourth-order valence-corrected chi connectivity index (χ4v) is 2.05. The van der Waals surface area contributed by atoms with Crippen molar-refractivity contribution in [3.8, 4) is 0 Å². The first-order valence-corrected chi connectivity index (χ1v) is 5.45. The minimum Gasteiger partial charge on any atom is -0.368 e. The molecule has 1 rings (SSSR count). The van der Waals surface area contributed by atoms with Crippen molar-refractivity contribution in [2.24, 2.45) is 0 Å². The lowest BCUT2D eigenvalue weighted by molar-refractivity contribution is 0.437. The minimum atomic E-state index is 0.359. The number of thioether (sulfide) groups is 1. The third-order valence-corrected chi connectivity index (χ3v) is 2.53. The lowest BCUT2D eigenvalue weighted by Gasteiger charge is -2.08. The van der Waals surface area contributed by atoms with Gasteiger partial charge in [-0.25, -0.2) is 9.97 Å². The maximum absolute atomic E-state index is 5.54. The molecule has 0 unspecified atom stereocenters. The number of nitrogen functional groups attached to an aromatic ring is 1. The smallest absolute Gasteiger partial charge is 0.221 e. The number of hydrogen-bond acceptors (Lipinski definition) is 5. The Morgan fingerprint density at radius 1 is 1.43 bits per heavy atom. The molecule has 0 fully saturated rings. The minimum absolute atomic E-state index is 0.359. The zero-order valence-electron chi connectivity index (χ0n) is 8.82. The predicted octanol–water partition coefficient (Wildman–Crippen LogP) is 1.02. The van der Waals surface area contributed by atoms with Crippen molar-refractivity contribution in [2.45, 2.75) is 11.9 Å². The Kier molecular flexibility index (Phi) is 4.16. The summed E-state index contributed by atoms with van der Waals surface area (Å²) >= 11 is 1.70. The van der Waals surface area contributed by atoms with E-state index in [0.717, 1.165) is 23.0 Å². The van der Waals surface area contributed by atoms with Crippen LogP contribution >= 0.6 is 11.8 Å². The number of nitrogens with two attached hydrogens (primary N) is 1. The number of aryl methyl sites for hydroxylation is 1. The highest BCUT2D eigenvalue weighted by Crippen LogP contribution is 2.16. The molecule has 0 atom stereocenters. The lowest BCUT2D eigenvalue weighted by Crippen LogP contribution is -2.14. The number of hydrogen-bond donors (Lipinski definition) is 1. The molecule has 1 aromatic rings. The van der Waals surface area contributed by atoms with Crippen LogP contribution in [0.3, 0.4) is 0 Å². The fraction of sp³-hybridized carbons (Fsp3) is 0.556. The molecule has 0 radical (unpaired) electrons. The van der Waals surface area contributed by atoms with Crippen molar-refractivity contribution in [3.05, 3.63) is 11.8 Å². The number of rotatable bonds is 4. The van der Waals surface area contributed by atoms with E-state index in [4.69, 9.17) is 5.73 Å². The van der Waals surface area contributed by atoms with Gasteiger partial charge in [-0.2, -0.15) is 0 Å². The van der Waals surface area contributed by atoms with E-state index < -0.39 is 0 Å². The van der Waals surface area contributed by atoms with E-state index >= 15 is 0 Å². The molecule has 14 heavy (non-hydrogen) atoms. The van der Waals surface area contributed by atoms with Crippen LogP contribution in [0.5, 0.6) is 0 Å². The molecule has 0 saturated heterocycles. The second kappa shape index (κ2) is 5.17. The van der Waals surface area contributed by atoms with E-state index in [-0.39, 0.29) is 0 Å². The molecule has 78 valence electrons. The van der Waals surface area contributed by atoms with Crippen LogP contribution in [0.1, 0.15) is 5.69 Å². The molecular weight excluding hydrogens is 196 g/mol. The first kappa shape index (κ1) is 11.3. The van der Waals surface area contributed by atoms with Gasteiger partial charge in [0.1, 0.15) is 5.03 Å². The van der Waals surface area contributed by atoms with Gasteiger partial charge in [0.15, 0.2) is 0 Å². The van der Waals surface area contributed by atoms with E-state index in [0.29, 0.717) is 5.95 Å². The summed E-state index contributed by atoms with van der Waals surface area (Å²) in [7, 11) is 4.11. The monoisotopic (exact) mass is 212 g/mol. The van der Waals surface area contributed by atoms with Gasteiger partial charge in [-0.15, -0.1) is 11.8 Å². The van der Waals surface area contributed by atoms with E-state index in [1.807, 2.05) is 13.0 Å². The van der Waals surface area contributed by atoms with Crippen LogP contribution < -0.4 is 5.73 Å². The molecule has 2 N–H and O–H groups in total. The molecule has 0 aliphatic carbocycles. The zero-order valence-corrected chi connectivity index (χ0v) is 9.64. The van der Waals surface area contributed by atoms with E-state index in [1.165, 1.54) is 0 Å². The Morgan fingerprint density at radius 2 is 2.14 bits per heavy atom. The summed E-state index contributed by atoms with van der Waals surface area (Å²) in [4.78, 5) is 10.3. The van der Waals surface area contributed by atoms with Gasteiger partial charge in [0, 0.05) is 18.0 Å². The zero-order chi connectivity index (χ0) is 10.6. The maximum atomic E-state index is 5.54. The second-order valence-electron chi connectivity index (χ2n) is 3.36. The van der Waals surface area contributed by atoms with Crippen LogP contribution in [0.25, 0.3) is 0 Å². The Morgan fingerprint density at radius 3 is 2.71 bits per heavy atom. The summed E-state index contributed by atoms with van der Waals surface area (Å²) < 4.78 is 0. The van der Waals surface area contributed by atoms with E-state index in [9.17, 15) is 0 Å². The first-order valence-electron chi connectivity index (χ1n) is 4.46. The molecule has 0 bridgehead atoms. The van der Waals surface area contributed by atoms with Gasteiger partial charge >= 0.3 is 0 Å². The third-order valence-electron chi connectivity index (χ3n) is 1.64. The van der Waals surface area contributed by atoms with Crippen LogP contribution in [0, 0.1) is 6.92 Å². The number of nitrogens with zero attached hydrogens (tertiary/aromatic N) is 3. The van der Waals surface area contributed by atoms with Crippen molar-refractivity contribution in [3.63, 3.8) is 0 Å². The van der Waals surface area contributed by atoms with E-state index in [1.54, 1.807) is 11.8 Å². The van der Waals surface area contributed by atoms with Crippen LogP contribution in [0.2, 0.25) is 0 Å². The fourth-order valence-electron chi connectivity index (χ4n) is 0.969. The Labute approximate surface area is 88.9 Å². The van der Waals surface area contributed by atoms with Crippen molar-refractivity contribution < 1.29 is 0 Å². The molecule has 0 aliphatic rings. The van der Waals surface area contributed by atoms with Crippen molar-refractivity contribution in [1.82, 2.24) is 14.9 Å². The second-order valence-corrected chi connectivity index (χ2v) is 4.47. The van der Waals surface area contributed by atoms with Gasteiger partial charge < -0.3 is 10.6 Å². The number of anilines is 1. The molecule has 5 heteroatoms. The summed E-state index contributed by atoms with van der Waals surface area (Å²) in [6.45, 7) is 2.96. The van der Waals surface area contributed by atoms with Crippen molar-refractivity contribution in [2.75, 3.05) is 32.1 Å². The molecule has 0 aliphatic heterocycles. The highest BCUT2D eigenvalue weighted by molar-refractivity contribution is 7.99. The number of aromatic nitrogens is 2. The van der Waals surface area contributed by atoms with Gasteiger partial charge in [-0.3, -0.25) is 0 Å². The summed E-state index contributed by atoms with van der Waals surface area (Å²) in [5.41, 5.74) is 6.47. The first-order chi connectivity index (χ1) is 6.58. The summed E-state index contributed by atoms with van der Waals surface area (Å²) in [5, 5.41) is 0.955. The predicted molar refractivity (Wildman–Crippen MR) is 60.5 cm³/mol. The van der Waals surface area contributed by atoms with Gasteiger partial charge in [0.25, 0.3) is 0 Å². The summed E-state index contributed by atoms with van der Waals surface area (Å²) in [6, 6.07) is 1.96. The van der Waals surface area contributed by atoms with Gasteiger partial charge in [-0.1, -0.05) is 0 Å². The quantitative estimate of drug-likeness (QED) is 0.596. The van der Waals surface area contributed by atoms with Crippen LogP contribution in [0.4, 0.5) is 5.95 Å². The largest absolute Gasteiger partial charge is 0.368 e. The summed E-state index contributed by atoms with van der Waals surface area (Å²) in [6.07, 6.45) is 0. The van der Waals surface area contributed by atoms with Crippen molar-refractivity contribution in [1.29, 1.82) is 0 Å². The van der Waals surface area contributed by atoms with Crippen molar-refractivity contribution >= 4 is 17.7 Å². The SMILES string of the molecule is Cc1cc(SCCN(C)C)nc(N)n1. The normalized spacial score (nSPS) is 10.9. The molecule has 0 spiro atoms. The van der Waals surface area contributed by atoms with E-state index in [2.05, 4.69) is 29.0 Å². The highest BCUT2D eigenvalue weighted by atomic mass is 32.2. The molecule has 1 aromatic heterocycles.